The fourth-order valence-electron chi connectivity index (χ4n) is 4.71. The van der Waals surface area contributed by atoms with Crippen molar-refractivity contribution >= 4 is 46.1 Å². The Balaban J connectivity index is 0.000000241. The summed E-state index contributed by atoms with van der Waals surface area (Å²) in [5.74, 6) is 2.05. The van der Waals surface area contributed by atoms with E-state index >= 15 is 0 Å². The molecule has 1 aliphatic heterocycles. The Bertz CT molecular complexity index is 1340. The number of anilines is 1. The average Bonchev–Trinajstić information content (AvgIpc) is 3.23. The molecule has 1 heterocycles. The number of nitrogens with zero attached hydrogens (tertiary/aromatic N) is 2. The molecule has 2 aromatic rings. The standard InChI is InChI=1S/C18H15ClFNO3.C15H23NOS/c1-3-10(2)24-16-9-15(14(20)8-13(16)19)21-17(22)11-6-4-5-7-12(11)18(21)23;1-5-16(13(4)12(2)3)15(17)18-11-14-9-7-6-8-10-14/h1,8-10H,4-7H2,2H3;6-10,12-13H,5,11H2,1-4H3. The molecule has 6 nitrogen and oxygen atoms in total. The number of hydrogen-bond acceptors (Lipinski definition) is 5. The number of terminal acetylenes is 1. The van der Waals surface area contributed by atoms with Gasteiger partial charge in [0.25, 0.3) is 17.1 Å². The summed E-state index contributed by atoms with van der Waals surface area (Å²) in [5.41, 5.74) is 2.01. The lowest BCUT2D eigenvalue weighted by Crippen LogP contribution is -2.39. The number of ether oxygens (including phenoxy) is 1. The molecule has 42 heavy (non-hydrogen) atoms. The highest BCUT2D eigenvalue weighted by molar-refractivity contribution is 8.12. The van der Waals surface area contributed by atoms with Crippen molar-refractivity contribution in [1.82, 2.24) is 4.90 Å². The molecule has 224 valence electrons. The number of benzene rings is 2. The summed E-state index contributed by atoms with van der Waals surface area (Å²) in [6.07, 6.45) is 7.47. The van der Waals surface area contributed by atoms with Gasteiger partial charge in [0.15, 0.2) is 6.10 Å². The highest BCUT2D eigenvalue weighted by atomic mass is 35.5. The highest BCUT2D eigenvalue weighted by Crippen LogP contribution is 2.39. The summed E-state index contributed by atoms with van der Waals surface area (Å²) < 4.78 is 19.8. The Morgan fingerprint density at radius 2 is 1.69 bits per heavy atom. The van der Waals surface area contributed by atoms with Crippen LogP contribution < -0.4 is 9.64 Å². The molecule has 2 atom stereocenters. The van der Waals surface area contributed by atoms with E-state index in [1.165, 1.54) is 23.4 Å². The van der Waals surface area contributed by atoms with Gasteiger partial charge in [-0.2, -0.15) is 0 Å². The summed E-state index contributed by atoms with van der Waals surface area (Å²) in [6.45, 7) is 10.9. The quantitative estimate of drug-likeness (QED) is 0.223. The smallest absolute Gasteiger partial charge is 0.282 e. The number of amides is 3. The molecule has 0 spiro atoms. The van der Waals surface area contributed by atoms with Gasteiger partial charge in [-0.05, 0) is 64.0 Å². The summed E-state index contributed by atoms with van der Waals surface area (Å²) in [6, 6.07) is 12.7. The van der Waals surface area contributed by atoms with Crippen molar-refractivity contribution in [2.45, 2.75) is 78.2 Å². The van der Waals surface area contributed by atoms with Crippen LogP contribution in [0.1, 0.15) is 65.9 Å². The first kappa shape index (κ1) is 33.2. The van der Waals surface area contributed by atoms with Crippen LogP contribution in [0.25, 0.3) is 0 Å². The second kappa shape index (κ2) is 15.3. The lowest BCUT2D eigenvalue weighted by atomic mass is 9.93. The van der Waals surface area contributed by atoms with E-state index in [0.29, 0.717) is 35.9 Å². The molecular formula is C33H38ClFN2O4S. The van der Waals surface area contributed by atoms with Crippen molar-refractivity contribution in [3.05, 3.63) is 70.0 Å². The van der Waals surface area contributed by atoms with E-state index in [4.69, 9.17) is 22.8 Å². The van der Waals surface area contributed by atoms with E-state index in [1.807, 2.05) is 30.0 Å². The van der Waals surface area contributed by atoms with Crippen molar-refractivity contribution in [2.24, 2.45) is 5.92 Å². The Kier molecular flexibility index (Phi) is 12.1. The van der Waals surface area contributed by atoms with E-state index in [0.717, 1.165) is 36.1 Å². The van der Waals surface area contributed by atoms with E-state index < -0.39 is 23.7 Å². The third kappa shape index (κ3) is 7.96. The van der Waals surface area contributed by atoms with Crippen LogP contribution >= 0.6 is 23.4 Å². The maximum Gasteiger partial charge on any atom is 0.282 e. The third-order valence-electron chi connectivity index (χ3n) is 7.41. The van der Waals surface area contributed by atoms with Crippen LogP contribution in [0.4, 0.5) is 14.9 Å². The van der Waals surface area contributed by atoms with Crippen molar-refractivity contribution in [3.8, 4) is 18.1 Å². The number of hydrogen-bond donors (Lipinski definition) is 0. The van der Waals surface area contributed by atoms with Gasteiger partial charge in [0, 0.05) is 35.6 Å². The number of rotatable bonds is 8. The molecule has 4 rings (SSSR count). The zero-order valence-electron chi connectivity index (χ0n) is 24.8. The molecule has 2 aromatic carbocycles. The normalized spacial score (nSPS) is 15.9. The molecule has 0 saturated heterocycles. The number of carbonyl (C=O) groups excluding carboxylic acids is 3. The fraction of sp³-hybridized carbons (Fsp3) is 0.424. The van der Waals surface area contributed by atoms with Gasteiger partial charge in [0.05, 0.1) is 10.7 Å². The lowest BCUT2D eigenvalue weighted by Gasteiger charge is -2.30. The first-order valence-corrected chi connectivity index (χ1v) is 15.6. The van der Waals surface area contributed by atoms with Gasteiger partial charge in [-0.15, -0.1) is 6.42 Å². The summed E-state index contributed by atoms with van der Waals surface area (Å²) >= 11 is 7.37. The van der Waals surface area contributed by atoms with E-state index in [-0.39, 0.29) is 21.7 Å². The fourth-order valence-corrected chi connectivity index (χ4v) is 5.85. The lowest BCUT2D eigenvalue weighted by molar-refractivity contribution is -0.120. The monoisotopic (exact) mass is 612 g/mol. The number of halogens is 2. The number of carbonyl (C=O) groups is 3. The summed E-state index contributed by atoms with van der Waals surface area (Å²) in [7, 11) is 0. The van der Waals surface area contributed by atoms with Crippen LogP contribution in [0.15, 0.2) is 53.6 Å². The number of imide groups is 1. The molecule has 0 bridgehead atoms. The largest absolute Gasteiger partial charge is 0.476 e. The van der Waals surface area contributed by atoms with Crippen LogP contribution in [-0.2, 0) is 15.3 Å². The Labute approximate surface area is 257 Å². The molecular weight excluding hydrogens is 575 g/mol. The second-order valence-corrected chi connectivity index (χ2v) is 11.9. The van der Waals surface area contributed by atoms with Crippen molar-refractivity contribution < 1.29 is 23.5 Å². The van der Waals surface area contributed by atoms with Gasteiger partial charge in [0.1, 0.15) is 11.6 Å². The van der Waals surface area contributed by atoms with Crippen LogP contribution in [0.5, 0.6) is 5.75 Å². The molecule has 0 fully saturated rings. The average molecular weight is 613 g/mol. The minimum atomic E-state index is -0.762. The van der Waals surface area contributed by atoms with Crippen LogP contribution in [0.2, 0.25) is 5.02 Å². The van der Waals surface area contributed by atoms with Gasteiger partial charge in [-0.25, -0.2) is 9.29 Å². The van der Waals surface area contributed by atoms with Crippen molar-refractivity contribution in [1.29, 1.82) is 0 Å². The first-order chi connectivity index (χ1) is 20.0. The Morgan fingerprint density at radius 1 is 1.10 bits per heavy atom. The summed E-state index contributed by atoms with van der Waals surface area (Å²) in [4.78, 5) is 40.1. The van der Waals surface area contributed by atoms with Crippen LogP contribution in [0, 0.1) is 24.1 Å². The summed E-state index contributed by atoms with van der Waals surface area (Å²) in [5, 5.41) is 0.206. The Hall–Kier alpha value is -3.28. The van der Waals surface area contributed by atoms with Crippen LogP contribution in [0.3, 0.4) is 0 Å². The van der Waals surface area contributed by atoms with E-state index in [9.17, 15) is 18.8 Å². The predicted molar refractivity (Wildman–Crippen MR) is 168 cm³/mol. The van der Waals surface area contributed by atoms with Crippen molar-refractivity contribution in [3.63, 3.8) is 0 Å². The highest BCUT2D eigenvalue weighted by Gasteiger charge is 2.41. The van der Waals surface area contributed by atoms with Gasteiger partial charge < -0.3 is 9.64 Å². The zero-order chi connectivity index (χ0) is 31.0. The van der Waals surface area contributed by atoms with Crippen LogP contribution in [-0.4, -0.2) is 40.6 Å². The molecule has 2 unspecified atom stereocenters. The second-order valence-electron chi connectivity index (χ2n) is 10.6. The van der Waals surface area contributed by atoms with Gasteiger partial charge in [0.2, 0.25) is 0 Å². The van der Waals surface area contributed by atoms with E-state index in [2.05, 4.69) is 38.8 Å². The first-order valence-electron chi connectivity index (χ1n) is 14.2. The molecule has 0 aromatic heterocycles. The van der Waals surface area contributed by atoms with Crippen molar-refractivity contribution in [2.75, 3.05) is 11.4 Å². The van der Waals surface area contributed by atoms with Gasteiger partial charge in [-0.3, -0.25) is 14.4 Å². The molecule has 9 heteroatoms. The minimum Gasteiger partial charge on any atom is -0.476 e. The maximum atomic E-state index is 14.4. The Morgan fingerprint density at radius 3 is 2.21 bits per heavy atom. The number of thioether (sulfide) groups is 1. The molecule has 1 aliphatic carbocycles. The molecule has 0 saturated carbocycles. The van der Waals surface area contributed by atoms with Gasteiger partial charge in [-0.1, -0.05) is 73.5 Å². The zero-order valence-corrected chi connectivity index (χ0v) is 26.4. The SMILES string of the molecule is C#CC(C)Oc1cc(N2C(=O)C3=C(CCCC3)C2=O)c(F)cc1Cl.CCN(C(=O)SCc1ccccc1)C(C)C(C)C. The minimum absolute atomic E-state index is 0.0233. The maximum absolute atomic E-state index is 14.4. The molecule has 0 N–H and O–H groups in total. The topological polar surface area (TPSA) is 66.9 Å². The van der Waals surface area contributed by atoms with E-state index in [1.54, 1.807) is 6.92 Å². The molecule has 0 radical (unpaired) electrons. The molecule has 3 amide bonds. The molecule has 2 aliphatic rings. The van der Waals surface area contributed by atoms with Gasteiger partial charge >= 0.3 is 0 Å². The predicted octanol–water partition coefficient (Wildman–Crippen LogP) is 8.03. The third-order valence-corrected chi connectivity index (χ3v) is 8.66.